The zero-order valence-electron chi connectivity index (χ0n) is 12.7. The molecule has 2 heterocycles. The number of carbonyl (C=O) groups excluding carboxylic acids is 2. The second kappa shape index (κ2) is 6.91. The lowest BCUT2D eigenvalue weighted by Crippen LogP contribution is -2.32. The van der Waals surface area contributed by atoms with Crippen LogP contribution < -0.4 is 10.6 Å². The van der Waals surface area contributed by atoms with E-state index in [0.29, 0.717) is 11.8 Å². The van der Waals surface area contributed by atoms with Gasteiger partial charge in [-0.25, -0.2) is 0 Å². The summed E-state index contributed by atoms with van der Waals surface area (Å²) in [5, 5.41) is 11.4. The molecule has 1 unspecified atom stereocenters. The van der Waals surface area contributed by atoms with Crippen LogP contribution in [0.15, 0.2) is 22.0 Å². The van der Waals surface area contributed by atoms with Crippen LogP contribution in [0.2, 0.25) is 0 Å². The Kier molecular flexibility index (Phi) is 4.71. The summed E-state index contributed by atoms with van der Waals surface area (Å²) >= 11 is 1.51. The number of hydrogen-bond acceptors (Lipinski definition) is 6. The molecule has 0 radical (unpaired) electrons. The highest BCUT2D eigenvalue weighted by atomic mass is 32.1. The van der Waals surface area contributed by atoms with Crippen LogP contribution in [0.25, 0.3) is 0 Å². The van der Waals surface area contributed by atoms with Gasteiger partial charge in [-0.05, 0) is 24.3 Å². The minimum absolute atomic E-state index is 0.165. The predicted molar refractivity (Wildman–Crippen MR) is 83.6 cm³/mol. The zero-order chi connectivity index (χ0) is 16.2. The first-order valence-corrected chi connectivity index (χ1v) is 8.39. The summed E-state index contributed by atoms with van der Waals surface area (Å²) in [4.78, 5) is 28.6. The Hall–Kier alpha value is -2.22. The van der Waals surface area contributed by atoms with Gasteiger partial charge in [0.1, 0.15) is 0 Å². The quantitative estimate of drug-likeness (QED) is 0.806. The first-order valence-electron chi connectivity index (χ1n) is 7.51. The van der Waals surface area contributed by atoms with Crippen molar-refractivity contribution in [1.82, 2.24) is 20.8 Å². The summed E-state index contributed by atoms with van der Waals surface area (Å²) in [6, 6.07) is 3.47. The van der Waals surface area contributed by atoms with Gasteiger partial charge in [-0.15, -0.1) is 11.3 Å². The van der Waals surface area contributed by atoms with Crippen LogP contribution in [0.3, 0.4) is 0 Å². The second-order valence-corrected chi connectivity index (χ2v) is 6.55. The number of aromatic nitrogens is 2. The Morgan fingerprint density at radius 1 is 1.48 bits per heavy atom. The van der Waals surface area contributed by atoms with Crippen LogP contribution >= 0.6 is 11.3 Å². The summed E-state index contributed by atoms with van der Waals surface area (Å²) < 4.78 is 5.11. The molecule has 8 heteroatoms. The second-order valence-electron chi connectivity index (χ2n) is 5.57. The van der Waals surface area contributed by atoms with E-state index in [0.717, 1.165) is 23.5 Å². The molecule has 1 saturated carbocycles. The van der Waals surface area contributed by atoms with E-state index in [1.807, 2.05) is 17.5 Å². The molecule has 0 aromatic carbocycles. The van der Waals surface area contributed by atoms with Gasteiger partial charge in [0, 0.05) is 17.7 Å². The van der Waals surface area contributed by atoms with E-state index in [1.54, 1.807) is 0 Å². The van der Waals surface area contributed by atoms with Crippen LogP contribution in [-0.2, 0) is 16.1 Å². The van der Waals surface area contributed by atoms with Crippen molar-refractivity contribution in [2.24, 2.45) is 0 Å². The molecule has 0 bridgehead atoms. The number of rotatable bonds is 7. The van der Waals surface area contributed by atoms with Crippen molar-refractivity contribution in [2.45, 2.75) is 44.7 Å². The average molecular weight is 334 g/mol. The van der Waals surface area contributed by atoms with Crippen LogP contribution in [0.5, 0.6) is 0 Å². The lowest BCUT2D eigenvalue weighted by atomic mass is 10.1. The molecule has 7 nitrogen and oxygen atoms in total. The lowest BCUT2D eigenvalue weighted by molar-refractivity contribution is -0.123. The monoisotopic (exact) mass is 334 g/mol. The Morgan fingerprint density at radius 2 is 2.30 bits per heavy atom. The molecule has 0 aliphatic heterocycles. The maximum atomic E-state index is 12.1. The smallest absolute Gasteiger partial charge is 0.246 e. The Balaban J connectivity index is 1.52. The third kappa shape index (κ3) is 4.38. The number of amides is 2. The van der Waals surface area contributed by atoms with Gasteiger partial charge in [0.05, 0.1) is 19.0 Å². The molecule has 2 amide bonds. The van der Waals surface area contributed by atoms with Gasteiger partial charge in [-0.1, -0.05) is 11.2 Å². The molecule has 1 aliphatic rings. The van der Waals surface area contributed by atoms with Crippen molar-refractivity contribution in [3.8, 4) is 0 Å². The Bertz CT molecular complexity index is 679. The van der Waals surface area contributed by atoms with E-state index in [-0.39, 0.29) is 30.8 Å². The number of carbonyl (C=O) groups is 2. The predicted octanol–water partition coefficient (Wildman–Crippen LogP) is 1.89. The molecule has 0 saturated heterocycles. The van der Waals surface area contributed by atoms with E-state index in [9.17, 15) is 9.59 Å². The van der Waals surface area contributed by atoms with Gasteiger partial charge >= 0.3 is 0 Å². The first kappa shape index (κ1) is 15.7. The minimum atomic E-state index is -0.322. The maximum Gasteiger partial charge on any atom is 0.246 e. The summed E-state index contributed by atoms with van der Waals surface area (Å²) in [7, 11) is 0. The zero-order valence-corrected chi connectivity index (χ0v) is 13.6. The Morgan fingerprint density at radius 3 is 2.96 bits per heavy atom. The fourth-order valence-electron chi connectivity index (χ4n) is 2.24. The van der Waals surface area contributed by atoms with Crippen LogP contribution in [-0.4, -0.2) is 22.0 Å². The Labute approximate surface area is 137 Å². The van der Waals surface area contributed by atoms with Gasteiger partial charge in [0.2, 0.25) is 17.7 Å². The standard InChI is InChI=1S/C15H18N4O3S/c1-9(20)17-11(12-3-2-6-23-12)7-13(21)16-8-14-18-15(19-22-14)10-4-5-10/h2-3,6,10-11H,4-5,7-8H2,1H3,(H,16,21)(H,17,20). The number of hydrogen-bond donors (Lipinski definition) is 2. The van der Waals surface area contributed by atoms with Gasteiger partial charge in [0.15, 0.2) is 5.82 Å². The summed E-state index contributed by atoms with van der Waals surface area (Å²) in [5.41, 5.74) is 0. The van der Waals surface area contributed by atoms with Crippen LogP contribution in [0.1, 0.15) is 54.7 Å². The van der Waals surface area contributed by atoms with E-state index in [4.69, 9.17) is 4.52 Å². The fourth-order valence-corrected chi connectivity index (χ4v) is 3.01. The first-order chi connectivity index (χ1) is 11.1. The molecule has 3 rings (SSSR count). The SMILES string of the molecule is CC(=O)NC(CC(=O)NCc1nc(C2CC2)no1)c1cccs1. The molecule has 2 aromatic rings. The molecule has 23 heavy (non-hydrogen) atoms. The average Bonchev–Trinajstić information content (AvgIpc) is 3.03. The fraction of sp³-hybridized carbons (Fsp3) is 0.467. The number of nitrogens with one attached hydrogen (secondary N) is 2. The molecule has 0 spiro atoms. The van der Waals surface area contributed by atoms with Gasteiger partial charge < -0.3 is 15.2 Å². The topological polar surface area (TPSA) is 97.1 Å². The molecule has 1 atom stereocenters. The molecule has 1 fully saturated rings. The highest BCUT2D eigenvalue weighted by molar-refractivity contribution is 7.10. The number of thiophene rings is 1. The van der Waals surface area contributed by atoms with Gasteiger partial charge in [0.25, 0.3) is 0 Å². The molecule has 122 valence electrons. The molecular weight excluding hydrogens is 316 g/mol. The van der Waals surface area contributed by atoms with E-state index >= 15 is 0 Å². The third-order valence-electron chi connectivity index (χ3n) is 3.52. The van der Waals surface area contributed by atoms with Crippen molar-refractivity contribution >= 4 is 23.2 Å². The van der Waals surface area contributed by atoms with Crippen molar-refractivity contribution in [2.75, 3.05) is 0 Å². The normalized spacial score (nSPS) is 15.2. The number of nitrogens with zero attached hydrogens (tertiary/aromatic N) is 2. The minimum Gasteiger partial charge on any atom is -0.348 e. The largest absolute Gasteiger partial charge is 0.348 e. The van der Waals surface area contributed by atoms with Gasteiger partial charge in [-0.2, -0.15) is 4.98 Å². The van der Waals surface area contributed by atoms with E-state index < -0.39 is 0 Å². The maximum absolute atomic E-state index is 12.1. The van der Waals surface area contributed by atoms with Crippen molar-refractivity contribution in [1.29, 1.82) is 0 Å². The van der Waals surface area contributed by atoms with Gasteiger partial charge in [-0.3, -0.25) is 9.59 Å². The van der Waals surface area contributed by atoms with E-state index in [1.165, 1.54) is 18.3 Å². The molecular formula is C15H18N4O3S. The summed E-state index contributed by atoms with van der Waals surface area (Å²) in [6.45, 7) is 1.64. The molecule has 2 aromatic heterocycles. The summed E-state index contributed by atoms with van der Waals surface area (Å²) in [6.07, 6.45) is 2.37. The highest BCUT2D eigenvalue weighted by Crippen LogP contribution is 2.38. The lowest BCUT2D eigenvalue weighted by Gasteiger charge is -2.15. The third-order valence-corrected chi connectivity index (χ3v) is 4.50. The van der Waals surface area contributed by atoms with E-state index in [2.05, 4.69) is 20.8 Å². The summed E-state index contributed by atoms with van der Waals surface area (Å²) in [5.74, 6) is 1.22. The van der Waals surface area contributed by atoms with Crippen molar-refractivity contribution < 1.29 is 14.1 Å². The van der Waals surface area contributed by atoms with Crippen molar-refractivity contribution in [3.05, 3.63) is 34.1 Å². The molecule has 1 aliphatic carbocycles. The van der Waals surface area contributed by atoms with Crippen LogP contribution in [0.4, 0.5) is 0 Å². The highest BCUT2D eigenvalue weighted by Gasteiger charge is 2.28. The molecule has 2 N–H and O–H groups in total. The van der Waals surface area contributed by atoms with Crippen molar-refractivity contribution in [3.63, 3.8) is 0 Å². The van der Waals surface area contributed by atoms with Crippen LogP contribution in [0, 0.1) is 0 Å².